The van der Waals surface area contributed by atoms with Crippen LogP contribution in [0.4, 0.5) is 17.2 Å². The average Bonchev–Trinajstić information content (AvgIpc) is 2.89. The molecule has 3 aromatic rings. The molecular weight excluding hydrogens is 464 g/mol. The summed E-state index contributed by atoms with van der Waals surface area (Å²) in [6.07, 6.45) is 0. The molecule has 190 valence electrons. The van der Waals surface area contributed by atoms with Crippen molar-refractivity contribution in [3.8, 4) is 0 Å². The highest BCUT2D eigenvalue weighted by atomic mass is 32.1. The van der Waals surface area contributed by atoms with Gasteiger partial charge in [0.05, 0.1) is 5.52 Å². The van der Waals surface area contributed by atoms with Crippen molar-refractivity contribution in [1.82, 2.24) is 14.8 Å². The number of nitrogens with zero attached hydrogens (tertiary/aromatic N) is 5. The molecule has 1 N–H and O–H groups in total. The highest BCUT2D eigenvalue weighted by Crippen LogP contribution is 2.27. The summed E-state index contributed by atoms with van der Waals surface area (Å²) in [6, 6.07) is 17.8. The summed E-state index contributed by atoms with van der Waals surface area (Å²) < 4.78 is 0. The van der Waals surface area contributed by atoms with Gasteiger partial charge in [0.2, 0.25) is 0 Å². The topological polar surface area (TPSA) is 37.9 Å². The van der Waals surface area contributed by atoms with E-state index in [1.54, 1.807) is 0 Å². The van der Waals surface area contributed by atoms with Crippen LogP contribution in [0.15, 0.2) is 48.5 Å². The van der Waals surface area contributed by atoms with Crippen molar-refractivity contribution in [2.75, 3.05) is 67.5 Å². The van der Waals surface area contributed by atoms with Gasteiger partial charge in [-0.3, -0.25) is 0 Å². The van der Waals surface area contributed by atoms with E-state index in [2.05, 4.69) is 101 Å². The maximum Gasteiger partial charge on any atom is 0.173 e. The molecule has 1 atom stereocenters. The van der Waals surface area contributed by atoms with Gasteiger partial charge < -0.3 is 24.9 Å². The molecule has 1 unspecified atom stereocenters. The summed E-state index contributed by atoms with van der Waals surface area (Å²) in [7, 11) is 0. The predicted molar refractivity (Wildman–Crippen MR) is 157 cm³/mol. The number of thiocarbonyl (C=S) groups is 1. The van der Waals surface area contributed by atoms with Gasteiger partial charge in [-0.1, -0.05) is 19.1 Å². The minimum atomic E-state index is 0.390. The maximum absolute atomic E-state index is 5.84. The summed E-state index contributed by atoms with van der Waals surface area (Å²) in [5.41, 5.74) is 5.91. The third-order valence-electron chi connectivity index (χ3n) is 7.64. The number of hydrogen-bond acceptors (Lipinski definition) is 5. The van der Waals surface area contributed by atoms with E-state index in [4.69, 9.17) is 17.2 Å². The fourth-order valence-electron chi connectivity index (χ4n) is 5.44. The van der Waals surface area contributed by atoms with Crippen molar-refractivity contribution in [1.29, 1.82) is 0 Å². The van der Waals surface area contributed by atoms with Gasteiger partial charge in [-0.2, -0.15) is 0 Å². The van der Waals surface area contributed by atoms with Gasteiger partial charge in [0.15, 0.2) is 5.11 Å². The van der Waals surface area contributed by atoms with E-state index in [0.717, 1.165) is 74.5 Å². The quantitative estimate of drug-likeness (QED) is 0.509. The van der Waals surface area contributed by atoms with E-state index in [1.807, 2.05) is 0 Å². The second-order valence-corrected chi connectivity index (χ2v) is 10.6. The number of anilines is 3. The molecule has 2 fully saturated rings. The molecule has 0 spiro atoms. The number of benzene rings is 2. The van der Waals surface area contributed by atoms with Crippen molar-refractivity contribution in [2.24, 2.45) is 0 Å². The van der Waals surface area contributed by atoms with Gasteiger partial charge in [0, 0.05) is 68.6 Å². The number of likely N-dealkylation sites (N-methyl/N-ethyl adjacent to an activating group) is 1. The van der Waals surface area contributed by atoms with Crippen molar-refractivity contribution >= 4 is 45.4 Å². The summed E-state index contributed by atoms with van der Waals surface area (Å²) in [5.74, 6) is 1.09. The molecule has 0 saturated carbocycles. The number of pyridine rings is 1. The Hall–Kier alpha value is -2.90. The third kappa shape index (κ3) is 5.27. The molecule has 2 aliphatic heterocycles. The number of aromatic nitrogens is 1. The number of fused-ring (bicyclic) bond motifs is 1. The van der Waals surface area contributed by atoms with Gasteiger partial charge in [-0.25, -0.2) is 4.98 Å². The van der Waals surface area contributed by atoms with Crippen LogP contribution in [0.1, 0.15) is 25.0 Å². The summed E-state index contributed by atoms with van der Waals surface area (Å²) in [5, 5.41) is 5.47. The van der Waals surface area contributed by atoms with E-state index in [9.17, 15) is 0 Å². The van der Waals surface area contributed by atoms with Crippen molar-refractivity contribution < 1.29 is 0 Å². The predicted octanol–water partition coefficient (Wildman–Crippen LogP) is 4.90. The van der Waals surface area contributed by atoms with Crippen LogP contribution in [0.2, 0.25) is 0 Å². The molecule has 3 heterocycles. The first-order valence-corrected chi connectivity index (χ1v) is 13.6. The Morgan fingerprint density at radius 2 is 1.81 bits per heavy atom. The maximum atomic E-state index is 5.84. The number of aryl methyl sites for hydroxylation is 2. The standard InChI is InChI=1S/C29H38N6S/c1-5-32-11-13-33(14-12-32)28-18-22(3)26-19-24(9-10-27(26)31-28)30-29(36)34-15-16-35(23(4)20-34)25-8-6-7-21(2)17-25/h6-10,17-19,23H,5,11-16,20H2,1-4H3,(H,30,36). The molecule has 6 nitrogen and oxygen atoms in total. The molecule has 0 aliphatic carbocycles. The highest BCUT2D eigenvalue weighted by molar-refractivity contribution is 7.80. The largest absolute Gasteiger partial charge is 0.365 e. The molecule has 7 heteroatoms. The second-order valence-electron chi connectivity index (χ2n) is 10.2. The lowest BCUT2D eigenvalue weighted by Gasteiger charge is -2.42. The molecule has 2 saturated heterocycles. The van der Waals surface area contributed by atoms with Crippen molar-refractivity contribution in [2.45, 2.75) is 33.7 Å². The van der Waals surface area contributed by atoms with Crippen LogP contribution in [0, 0.1) is 13.8 Å². The first-order valence-electron chi connectivity index (χ1n) is 13.2. The zero-order valence-corrected chi connectivity index (χ0v) is 22.8. The van der Waals surface area contributed by atoms with Crippen molar-refractivity contribution in [3.05, 3.63) is 59.7 Å². The minimum absolute atomic E-state index is 0.390. The zero-order valence-electron chi connectivity index (χ0n) is 22.0. The minimum Gasteiger partial charge on any atom is -0.365 e. The number of hydrogen-bond donors (Lipinski definition) is 1. The molecule has 2 aromatic carbocycles. The molecule has 5 rings (SSSR count). The van der Waals surface area contributed by atoms with Gasteiger partial charge >= 0.3 is 0 Å². The van der Waals surface area contributed by atoms with E-state index in [0.29, 0.717) is 6.04 Å². The lowest BCUT2D eigenvalue weighted by molar-refractivity contribution is 0.270. The van der Waals surface area contributed by atoms with E-state index in [-0.39, 0.29) is 0 Å². The van der Waals surface area contributed by atoms with Crippen LogP contribution in [0.3, 0.4) is 0 Å². The highest BCUT2D eigenvalue weighted by Gasteiger charge is 2.25. The van der Waals surface area contributed by atoms with Crippen LogP contribution in [0.25, 0.3) is 10.9 Å². The average molecular weight is 503 g/mol. The monoisotopic (exact) mass is 502 g/mol. The van der Waals surface area contributed by atoms with Gasteiger partial charge in [0.25, 0.3) is 0 Å². The molecule has 36 heavy (non-hydrogen) atoms. The Morgan fingerprint density at radius 3 is 2.53 bits per heavy atom. The second kappa shape index (κ2) is 10.6. The SMILES string of the molecule is CCN1CCN(c2cc(C)c3cc(NC(=S)N4CCN(c5cccc(C)c5)C(C)C4)ccc3n2)CC1. The Labute approximate surface area is 220 Å². The Morgan fingerprint density at radius 1 is 1.00 bits per heavy atom. The lowest BCUT2D eigenvalue weighted by Crippen LogP contribution is -2.54. The summed E-state index contributed by atoms with van der Waals surface area (Å²) in [6.45, 7) is 17.0. The number of piperazine rings is 2. The Balaban J connectivity index is 1.25. The number of rotatable bonds is 4. The Kier molecular flexibility index (Phi) is 7.30. The third-order valence-corrected chi connectivity index (χ3v) is 8.01. The van der Waals surface area contributed by atoms with E-state index < -0.39 is 0 Å². The zero-order chi connectivity index (χ0) is 25.2. The summed E-state index contributed by atoms with van der Waals surface area (Å²) in [4.78, 5) is 14.7. The normalized spacial score (nSPS) is 19.1. The van der Waals surface area contributed by atoms with Crippen LogP contribution < -0.4 is 15.1 Å². The lowest BCUT2D eigenvalue weighted by atomic mass is 10.1. The first kappa shape index (κ1) is 24.8. The fraction of sp³-hybridized carbons (Fsp3) is 0.448. The molecule has 1 aromatic heterocycles. The van der Waals surface area contributed by atoms with Gasteiger partial charge in [0.1, 0.15) is 5.82 Å². The fourth-order valence-corrected chi connectivity index (χ4v) is 5.73. The van der Waals surface area contributed by atoms with Crippen LogP contribution in [-0.4, -0.2) is 78.3 Å². The van der Waals surface area contributed by atoms with Gasteiger partial charge in [-0.15, -0.1) is 0 Å². The van der Waals surface area contributed by atoms with Crippen LogP contribution in [0.5, 0.6) is 0 Å². The molecule has 0 amide bonds. The molecule has 0 bridgehead atoms. The Bertz CT molecular complexity index is 1240. The molecule has 2 aliphatic rings. The van der Waals surface area contributed by atoms with E-state index >= 15 is 0 Å². The summed E-state index contributed by atoms with van der Waals surface area (Å²) >= 11 is 5.84. The van der Waals surface area contributed by atoms with Crippen LogP contribution in [-0.2, 0) is 0 Å². The smallest absolute Gasteiger partial charge is 0.173 e. The van der Waals surface area contributed by atoms with Gasteiger partial charge in [-0.05, 0) is 87.1 Å². The molecular formula is C29H38N6S. The number of nitrogens with one attached hydrogen (secondary N) is 1. The molecule has 0 radical (unpaired) electrons. The van der Waals surface area contributed by atoms with Crippen LogP contribution >= 0.6 is 12.2 Å². The first-order chi connectivity index (χ1) is 17.4. The van der Waals surface area contributed by atoms with E-state index in [1.165, 1.54) is 22.2 Å². The van der Waals surface area contributed by atoms with Crippen molar-refractivity contribution in [3.63, 3.8) is 0 Å².